The largest absolute Gasteiger partial charge is 0.461 e. The molecule has 0 spiro atoms. The molecule has 0 bridgehead atoms. The van der Waals surface area contributed by atoms with Crippen molar-refractivity contribution in [1.82, 2.24) is 19.6 Å². The molecule has 0 amide bonds. The first-order valence-electron chi connectivity index (χ1n) is 5.09. The van der Waals surface area contributed by atoms with Gasteiger partial charge >= 0.3 is 0 Å². The summed E-state index contributed by atoms with van der Waals surface area (Å²) in [5, 5.41) is 8.59. The molecule has 0 aliphatic rings. The van der Waals surface area contributed by atoms with Crippen LogP contribution in [0.2, 0.25) is 5.15 Å². The minimum absolute atomic E-state index is 0.408. The molecule has 0 aromatic carbocycles. The summed E-state index contributed by atoms with van der Waals surface area (Å²) < 4.78 is 7.24. The topological polar surface area (TPSA) is 56.2 Å². The van der Waals surface area contributed by atoms with Crippen LogP contribution in [-0.4, -0.2) is 19.6 Å². The smallest absolute Gasteiger partial charge is 0.205 e. The lowest BCUT2D eigenvalue weighted by atomic mass is 10.3. The molecule has 0 atom stereocenters. The van der Waals surface area contributed by atoms with Gasteiger partial charge in [0.15, 0.2) is 11.4 Å². The predicted molar refractivity (Wildman–Crippen MR) is 63.0 cm³/mol. The van der Waals surface area contributed by atoms with Crippen LogP contribution in [0.1, 0.15) is 11.4 Å². The Kier molecular flexibility index (Phi) is 2.16. The summed E-state index contributed by atoms with van der Waals surface area (Å²) in [6.45, 7) is 3.81. The lowest BCUT2D eigenvalue weighted by molar-refractivity contribution is 0.574. The number of aryl methyl sites for hydroxylation is 2. The Morgan fingerprint density at radius 1 is 1.29 bits per heavy atom. The highest BCUT2D eigenvalue weighted by molar-refractivity contribution is 6.29. The van der Waals surface area contributed by atoms with E-state index in [0.29, 0.717) is 22.4 Å². The average molecular weight is 249 g/mol. The SMILES string of the molecule is Cc1ccoc1-c1nnc2cc(Cl)nc(C)n12. The summed E-state index contributed by atoms with van der Waals surface area (Å²) in [5.74, 6) is 2.07. The molecule has 5 nitrogen and oxygen atoms in total. The molecule has 6 heteroatoms. The number of fused-ring (bicyclic) bond motifs is 1. The maximum absolute atomic E-state index is 5.87. The van der Waals surface area contributed by atoms with Gasteiger partial charge < -0.3 is 4.42 Å². The van der Waals surface area contributed by atoms with Gasteiger partial charge in [-0.15, -0.1) is 10.2 Å². The Bertz CT molecular complexity index is 701. The average Bonchev–Trinajstić information content (AvgIpc) is 2.83. The molecular weight excluding hydrogens is 240 g/mol. The first-order chi connectivity index (χ1) is 8.16. The number of nitrogens with zero attached hydrogens (tertiary/aromatic N) is 4. The first-order valence-corrected chi connectivity index (χ1v) is 5.47. The lowest BCUT2D eigenvalue weighted by Gasteiger charge is -2.02. The van der Waals surface area contributed by atoms with Crippen molar-refractivity contribution in [3.8, 4) is 11.6 Å². The Morgan fingerprint density at radius 3 is 2.82 bits per heavy atom. The molecule has 17 heavy (non-hydrogen) atoms. The molecule has 0 unspecified atom stereocenters. The summed E-state index contributed by atoms with van der Waals surface area (Å²) >= 11 is 5.87. The van der Waals surface area contributed by atoms with Crippen LogP contribution in [0.5, 0.6) is 0 Å². The zero-order chi connectivity index (χ0) is 12.0. The van der Waals surface area contributed by atoms with Gasteiger partial charge in [0.05, 0.1) is 6.26 Å². The van der Waals surface area contributed by atoms with Crippen molar-refractivity contribution in [3.63, 3.8) is 0 Å². The highest BCUT2D eigenvalue weighted by Crippen LogP contribution is 2.24. The quantitative estimate of drug-likeness (QED) is 0.621. The van der Waals surface area contributed by atoms with Gasteiger partial charge in [-0.25, -0.2) is 4.98 Å². The van der Waals surface area contributed by atoms with Gasteiger partial charge in [-0.05, 0) is 25.5 Å². The molecule has 0 saturated carbocycles. The Balaban J connectivity index is 2.36. The van der Waals surface area contributed by atoms with Crippen molar-refractivity contribution < 1.29 is 4.42 Å². The molecule has 0 fully saturated rings. The number of rotatable bonds is 1. The van der Waals surface area contributed by atoms with Crippen molar-refractivity contribution in [2.45, 2.75) is 13.8 Å². The van der Waals surface area contributed by atoms with Crippen LogP contribution in [0.25, 0.3) is 17.2 Å². The fourth-order valence-corrected chi connectivity index (χ4v) is 2.02. The second kappa shape index (κ2) is 3.56. The molecule has 0 saturated heterocycles. The zero-order valence-electron chi connectivity index (χ0n) is 9.31. The van der Waals surface area contributed by atoms with Gasteiger partial charge in [0, 0.05) is 6.07 Å². The minimum atomic E-state index is 0.408. The van der Waals surface area contributed by atoms with Crippen molar-refractivity contribution in [2.24, 2.45) is 0 Å². The van der Waals surface area contributed by atoms with Crippen molar-refractivity contribution >= 4 is 17.2 Å². The summed E-state index contributed by atoms with van der Waals surface area (Å²) in [4.78, 5) is 4.18. The van der Waals surface area contributed by atoms with Gasteiger partial charge in [-0.3, -0.25) is 4.40 Å². The van der Waals surface area contributed by atoms with Crippen molar-refractivity contribution in [2.75, 3.05) is 0 Å². The van der Waals surface area contributed by atoms with E-state index in [1.165, 1.54) is 0 Å². The normalized spacial score (nSPS) is 11.2. The third kappa shape index (κ3) is 1.51. The van der Waals surface area contributed by atoms with Crippen LogP contribution < -0.4 is 0 Å². The third-order valence-corrected chi connectivity index (χ3v) is 2.79. The number of aromatic nitrogens is 4. The molecular formula is C11H9ClN4O. The highest BCUT2D eigenvalue weighted by Gasteiger charge is 2.15. The second-order valence-corrected chi connectivity index (χ2v) is 4.16. The van der Waals surface area contributed by atoms with Gasteiger partial charge in [0.1, 0.15) is 11.0 Å². The van der Waals surface area contributed by atoms with Crippen LogP contribution in [0.4, 0.5) is 0 Å². The van der Waals surface area contributed by atoms with E-state index in [9.17, 15) is 0 Å². The summed E-state index contributed by atoms with van der Waals surface area (Å²) in [5.41, 5.74) is 1.67. The molecule has 0 aliphatic carbocycles. The van der Waals surface area contributed by atoms with Crippen LogP contribution in [0.3, 0.4) is 0 Å². The fourth-order valence-electron chi connectivity index (χ4n) is 1.80. The molecule has 3 aromatic heterocycles. The summed E-state index contributed by atoms with van der Waals surface area (Å²) in [6, 6.07) is 3.55. The van der Waals surface area contributed by atoms with Crippen LogP contribution in [0.15, 0.2) is 22.8 Å². The number of hydrogen-bond donors (Lipinski definition) is 0. The highest BCUT2D eigenvalue weighted by atomic mass is 35.5. The van der Waals surface area contributed by atoms with E-state index in [-0.39, 0.29) is 0 Å². The molecule has 0 aliphatic heterocycles. The molecule has 0 radical (unpaired) electrons. The van der Waals surface area contributed by atoms with Gasteiger partial charge in [-0.1, -0.05) is 11.6 Å². The zero-order valence-corrected chi connectivity index (χ0v) is 10.1. The number of furan rings is 1. The first kappa shape index (κ1) is 10.3. The van der Waals surface area contributed by atoms with Gasteiger partial charge in [0.25, 0.3) is 0 Å². The van der Waals surface area contributed by atoms with Gasteiger partial charge in [0.2, 0.25) is 5.82 Å². The Hall–Kier alpha value is -1.88. The maximum Gasteiger partial charge on any atom is 0.205 e. The summed E-state index contributed by atoms with van der Waals surface area (Å²) in [6.07, 6.45) is 1.63. The standard InChI is InChI=1S/C11H9ClN4O/c1-6-3-4-17-10(6)11-15-14-9-5-8(12)13-7(2)16(9)11/h3-5H,1-2H3. The minimum Gasteiger partial charge on any atom is -0.461 e. The third-order valence-electron chi connectivity index (χ3n) is 2.59. The van der Waals surface area contributed by atoms with E-state index in [2.05, 4.69) is 15.2 Å². The van der Waals surface area contributed by atoms with Gasteiger partial charge in [-0.2, -0.15) is 0 Å². The second-order valence-electron chi connectivity index (χ2n) is 3.78. The monoisotopic (exact) mass is 248 g/mol. The Labute approximate surface area is 102 Å². The molecule has 3 rings (SSSR count). The van der Waals surface area contributed by atoms with E-state index in [0.717, 1.165) is 11.4 Å². The van der Waals surface area contributed by atoms with Crippen LogP contribution in [0, 0.1) is 13.8 Å². The van der Waals surface area contributed by atoms with E-state index in [1.807, 2.05) is 24.3 Å². The number of halogens is 1. The maximum atomic E-state index is 5.87. The lowest BCUT2D eigenvalue weighted by Crippen LogP contribution is -1.98. The molecule has 86 valence electrons. The van der Waals surface area contributed by atoms with E-state index >= 15 is 0 Å². The fraction of sp³-hybridized carbons (Fsp3) is 0.182. The van der Waals surface area contributed by atoms with Crippen molar-refractivity contribution in [3.05, 3.63) is 34.9 Å². The van der Waals surface area contributed by atoms with Crippen molar-refractivity contribution in [1.29, 1.82) is 0 Å². The molecule has 3 heterocycles. The van der Waals surface area contributed by atoms with E-state index < -0.39 is 0 Å². The van der Waals surface area contributed by atoms with Crippen LogP contribution >= 0.6 is 11.6 Å². The summed E-state index contributed by atoms with van der Waals surface area (Å²) in [7, 11) is 0. The number of hydrogen-bond acceptors (Lipinski definition) is 4. The van der Waals surface area contributed by atoms with E-state index in [4.69, 9.17) is 16.0 Å². The molecule has 3 aromatic rings. The van der Waals surface area contributed by atoms with Crippen LogP contribution in [-0.2, 0) is 0 Å². The van der Waals surface area contributed by atoms with E-state index in [1.54, 1.807) is 12.3 Å². The predicted octanol–water partition coefficient (Wildman–Crippen LogP) is 2.65. The Morgan fingerprint density at radius 2 is 2.12 bits per heavy atom. The molecule has 0 N–H and O–H groups in total.